The van der Waals surface area contributed by atoms with E-state index in [1.807, 2.05) is 48.8 Å². The van der Waals surface area contributed by atoms with Gasteiger partial charge in [0.1, 0.15) is 0 Å². The van der Waals surface area contributed by atoms with Crippen molar-refractivity contribution in [3.63, 3.8) is 0 Å². The van der Waals surface area contributed by atoms with E-state index in [-0.39, 0.29) is 0 Å². The molecule has 0 aliphatic heterocycles. The highest BCUT2D eigenvalue weighted by Crippen LogP contribution is 2.34. The molecular formula is C39H27N3. The molecule has 2 heterocycles. The van der Waals surface area contributed by atoms with Gasteiger partial charge in [-0.05, 0) is 51.6 Å². The van der Waals surface area contributed by atoms with Gasteiger partial charge in [0.15, 0.2) is 5.82 Å². The summed E-state index contributed by atoms with van der Waals surface area (Å²) in [5.41, 5.74) is 12.0. The maximum absolute atomic E-state index is 4.97. The highest BCUT2D eigenvalue weighted by molar-refractivity contribution is 5.84. The van der Waals surface area contributed by atoms with E-state index in [1.54, 1.807) is 0 Å². The van der Waals surface area contributed by atoms with Crippen LogP contribution in [0.5, 0.6) is 0 Å². The normalized spacial score (nSPS) is 10.9. The molecule has 0 unspecified atom stereocenters. The van der Waals surface area contributed by atoms with E-state index in [2.05, 4.69) is 120 Å². The van der Waals surface area contributed by atoms with Crippen LogP contribution in [0.3, 0.4) is 0 Å². The SMILES string of the molecule is c1ccc(-c2cc(-c3ccc(-c4ccc(-c5ccccc5-c5ccncc5)cc4)cc3)nc(-c3ccccc3)n2)cc1. The van der Waals surface area contributed by atoms with E-state index in [0.29, 0.717) is 0 Å². The molecule has 7 aromatic rings. The quantitative estimate of drug-likeness (QED) is 0.212. The highest BCUT2D eigenvalue weighted by Gasteiger charge is 2.11. The van der Waals surface area contributed by atoms with Crippen LogP contribution >= 0.6 is 0 Å². The summed E-state index contributed by atoms with van der Waals surface area (Å²) in [6.07, 6.45) is 3.68. The van der Waals surface area contributed by atoms with Crippen LogP contribution in [-0.2, 0) is 0 Å². The molecule has 3 nitrogen and oxygen atoms in total. The smallest absolute Gasteiger partial charge is 0.160 e. The lowest BCUT2D eigenvalue weighted by molar-refractivity contribution is 1.18. The van der Waals surface area contributed by atoms with Gasteiger partial charge in [0, 0.05) is 29.1 Å². The molecule has 0 amide bonds. The van der Waals surface area contributed by atoms with Crippen molar-refractivity contribution in [3.8, 4) is 67.3 Å². The van der Waals surface area contributed by atoms with Crippen molar-refractivity contribution in [2.45, 2.75) is 0 Å². The van der Waals surface area contributed by atoms with Crippen LogP contribution in [-0.4, -0.2) is 15.0 Å². The number of rotatable bonds is 6. The van der Waals surface area contributed by atoms with Crippen molar-refractivity contribution in [2.75, 3.05) is 0 Å². The van der Waals surface area contributed by atoms with Gasteiger partial charge in [-0.25, -0.2) is 9.97 Å². The number of aromatic nitrogens is 3. The zero-order chi connectivity index (χ0) is 28.1. The largest absolute Gasteiger partial charge is 0.265 e. The monoisotopic (exact) mass is 537 g/mol. The summed E-state index contributed by atoms with van der Waals surface area (Å²) in [7, 11) is 0. The first-order valence-electron chi connectivity index (χ1n) is 14.0. The Kier molecular flexibility index (Phi) is 6.89. The van der Waals surface area contributed by atoms with Crippen molar-refractivity contribution in [1.82, 2.24) is 15.0 Å². The summed E-state index contributed by atoms with van der Waals surface area (Å²) in [4.78, 5) is 14.0. The predicted octanol–water partition coefficient (Wildman–Crippen LogP) is 9.87. The van der Waals surface area contributed by atoms with E-state index in [9.17, 15) is 0 Å². The fraction of sp³-hybridized carbons (Fsp3) is 0. The molecule has 0 bridgehead atoms. The highest BCUT2D eigenvalue weighted by atomic mass is 14.9. The molecule has 0 saturated carbocycles. The first kappa shape index (κ1) is 25.3. The van der Waals surface area contributed by atoms with Crippen molar-refractivity contribution in [2.24, 2.45) is 0 Å². The molecular weight excluding hydrogens is 510 g/mol. The van der Waals surface area contributed by atoms with Gasteiger partial charge in [0.25, 0.3) is 0 Å². The number of hydrogen-bond acceptors (Lipinski definition) is 3. The number of hydrogen-bond donors (Lipinski definition) is 0. The maximum Gasteiger partial charge on any atom is 0.160 e. The molecule has 0 radical (unpaired) electrons. The Morgan fingerprint density at radius 3 is 1.26 bits per heavy atom. The van der Waals surface area contributed by atoms with Crippen molar-refractivity contribution < 1.29 is 0 Å². The lowest BCUT2D eigenvalue weighted by atomic mass is 9.93. The molecule has 42 heavy (non-hydrogen) atoms. The lowest BCUT2D eigenvalue weighted by Crippen LogP contribution is -1.95. The molecule has 0 aliphatic carbocycles. The van der Waals surface area contributed by atoms with Gasteiger partial charge < -0.3 is 0 Å². The minimum Gasteiger partial charge on any atom is -0.265 e. The molecule has 0 fully saturated rings. The predicted molar refractivity (Wildman–Crippen MR) is 172 cm³/mol. The summed E-state index contributed by atoms with van der Waals surface area (Å²) in [5.74, 6) is 0.721. The van der Waals surface area contributed by atoms with Gasteiger partial charge in [-0.1, -0.05) is 133 Å². The Labute approximate surface area is 245 Å². The standard InChI is InChI=1S/C39H27N3/c1-3-9-32(10-4-1)37-27-38(42-39(41-37)34-11-5-2-6-12-34)33-21-17-29(18-22-33)28-15-19-30(20-16-28)35-13-7-8-14-36(35)31-23-25-40-26-24-31/h1-27H. The molecule has 198 valence electrons. The van der Waals surface area contributed by atoms with E-state index in [0.717, 1.165) is 45.0 Å². The Morgan fingerprint density at radius 1 is 0.310 bits per heavy atom. The van der Waals surface area contributed by atoms with Crippen LogP contribution in [0.4, 0.5) is 0 Å². The van der Waals surface area contributed by atoms with Crippen LogP contribution in [0.25, 0.3) is 67.3 Å². The molecule has 0 spiro atoms. The van der Waals surface area contributed by atoms with Crippen LogP contribution in [0.2, 0.25) is 0 Å². The van der Waals surface area contributed by atoms with Gasteiger partial charge in [-0.2, -0.15) is 0 Å². The van der Waals surface area contributed by atoms with Crippen molar-refractivity contribution in [1.29, 1.82) is 0 Å². The Hall–Kier alpha value is -5.67. The fourth-order valence-corrected chi connectivity index (χ4v) is 5.26. The molecule has 7 rings (SSSR count). The van der Waals surface area contributed by atoms with Crippen LogP contribution in [0.1, 0.15) is 0 Å². The van der Waals surface area contributed by atoms with Crippen LogP contribution < -0.4 is 0 Å². The summed E-state index contributed by atoms with van der Waals surface area (Å²) >= 11 is 0. The summed E-state index contributed by atoms with van der Waals surface area (Å²) in [5, 5.41) is 0. The number of nitrogens with zero attached hydrogens (tertiary/aromatic N) is 3. The summed E-state index contributed by atoms with van der Waals surface area (Å²) in [6, 6.07) is 52.5. The van der Waals surface area contributed by atoms with Gasteiger partial charge in [-0.15, -0.1) is 0 Å². The Bertz CT molecular complexity index is 1880. The van der Waals surface area contributed by atoms with E-state index in [1.165, 1.54) is 22.3 Å². The Balaban J connectivity index is 1.20. The molecule has 0 atom stereocenters. The Morgan fingerprint density at radius 2 is 0.714 bits per heavy atom. The maximum atomic E-state index is 4.97. The number of benzene rings is 5. The van der Waals surface area contributed by atoms with E-state index in [4.69, 9.17) is 9.97 Å². The second-order valence-corrected chi connectivity index (χ2v) is 10.1. The summed E-state index contributed by atoms with van der Waals surface area (Å²) in [6.45, 7) is 0. The average Bonchev–Trinajstić information content (AvgIpc) is 3.09. The minimum atomic E-state index is 0.721. The van der Waals surface area contributed by atoms with Gasteiger partial charge in [0.05, 0.1) is 11.4 Å². The first-order valence-corrected chi connectivity index (χ1v) is 14.0. The molecule has 0 N–H and O–H groups in total. The lowest BCUT2D eigenvalue weighted by Gasteiger charge is -2.11. The third-order valence-electron chi connectivity index (χ3n) is 7.46. The fourth-order valence-electron chi connectivity index (χ4n) is 5.26. The average molecular weight is 538 g/mol. The van der Waals surface area contributed by atoms with E-state index >= 15 is 0 Å². The molecule has 0 saturated heterocycles. The topological polar surface area (TPSA) is 38.7 Å². The first-order chi connectivity index (χ1) is 20.8. The zero-order valence-electron chi connectivity index (χ0n) is 22.9. The molecule has 5 aromatic carbocycles. The third kappa shape index (κ3) is 5.24. The van der Waals surface area contributed by atoms with Crippen LogP contribution in [0.15, 0.2) is 164 Å². The second kappa shape index (κ2) is 11.4. The summed E-state index contributed by atoms with van der Waals surface area (Å²) < 4.78 is 0. The van der Waals surface area contributed by atoms with E-state index < -0.39 is 0 Å². The van der Waals surface area contributed by atoms with Crippen molar-refractivity contribution in [3.05, 3.63) is 164 Å². The van der Waals surface area contributed by atoms with Gasteiger partial charge in [0.2, 0.25) is 0 Å². The number of pyridine rings is 1. The van der Waals surface area contributed by atoms with Crippen LogP contribution in [0, 0.1) is 0 Å². The molecule has 2 aromatic heterocycles. The minimum absolute atomic E-state index is 0.721. The molecule has 0 aliphatic rings. The second-order valence-electron chi connectivity index (χ2n) is 10.1. The third-order valence-corrected chi connectivity index (χ3v) is 7.46. The van der Waals surface area contributed by atoms with Gasteiger partial charge in [-0.3, -0.25) is 4.98 Å². The van der Waals surface area contributed by atoms with Gasteiger partial charge >= 0.3 is 0 Å². The van der Waals surface area contributed by atoms with Crippen molar-refractivity contribution >= 4 is 0 Å². The zero-order valence-corrected chi connectivity index (χ0v) is 22.9. The molecule has 3 heteroatoms.